The lowest BCUT2D eigenvalue weighted by molar-refractivity contribution is 0.867. The molecule has 128 valence electrons. The smallest absolute Gasteiger partial charge is 0.233 e. The molecule has 0 saturated carbocycles. The van der Waals surface area contributed by atoms with E-state index in [2.05, 4.69) is 51.6 Å². The number of aryl methyl sites for hydroxylation is 1. The SMILES string of the molecule is Cc1ccc(Nc2nc(Cl)nc(Nc3ccc(C(C)C)cc3)n2)cc1. The van der Waals surface area contributed by atoms with Gasteiger partial charge in [0.1, 0.15) is 0 Å². The molecule has 25 heavy (non-hydrogen) atoms. The molecule has 0 bridgehead atoms. The first-order valence-electron chi connectivity index (χ1n) is 8.12. The van der Waals surface area contributed by atoms with Gasteiger partial charge < -0.3 is 10.6 Å². The Kier molecular flexibility index (Phi) is 5.14. The van der Waals surface area contributed by atoms with Crippen molar-refractivity contribution in [2.24, 2.45) is 0 Å². The molecule has 3 rings (SSSR count). The number of anilines is 4. The van der Waals surface area contributed by atoms with Crippen LogP contribution in [0.5, 0.6) is 0 Å². The Morgan fingerprint density at radius 3 is 1.72 bits per heavy atom. The molecule has 0 fully saturated rings. The van der Waals surface area contributed by atoms with Crippen LogP contribution in [0.2, 0.25) is 5.28 Å². The molecular formula is C19H20ClN5. The average molecular weight is 354 g/mol. The van der Waals surface area contributed by atoms with E-state index in [0.717, 1.165) is 11.4 Å². The zero-order valence-electron chi connectivity index (χ0n) is 14.4. The minimum absolute atomic E-state index is 0.130. The van der Waals surface area contributed by atoms with Crippen molar-refractivity contribution < 1.29 is 0 Å². The molecular weight excluding hydrogens is 334 g/mol. The fraction of sp³-hybridized carbons (Fsp3) is 0.211. The van der Waals surface area contributed by atoms with Crippen LogP contribution in [0.3, 0.4) is 0 Å². The first kappa shape index (κ1) is 17.2. The molecule has 0 radical (unpaired) electrons. The maximum Gasteiger partial charge on any atom is 0.233 e. The van der Waals surface area contributed by atoms with Crippen molar-refractivity contribution in [1.29, 1.82) is 0 Å². The Morgan fingerprint density at radius 2 is 1.24 bits per heavy atom. The largest absolute Gasteiger partial charge is 0.324 e. The predicted molar refractivity (Wildman–Crippen MR) is 103 cm³/mol. The summed E-state index contributed by atoms with van der Waals surface area (Å²) in [6, 6.07) is 16.1. The molecule has 0 saturated heterocycles. The van der Waals surface area contributed by atoms with Gasteiger partial charge in [-0.25, -0.2) is 0 Å². The number of rotatable bonds is 5. The van der Waals surface area contributed by atoms with Gasteiger partial charge in [-0.2, -0.15) is 15.0 Å². The van der Waals surface area contributed by atoms with Crippen molar-refractivity contribution in [2.75, 3.05) is 10.6 Å². The van der Waals surface area contributed by atoms with Gasteiger partial charge in [-0.15, -0.1) is 0 Å². The highest BCUT2D eigenvalue weighted by molar-refractivity contribution is 6.28. The first-order valence-corrected chi connectivity index (χ1v) is 8.49. The van der Waals surface area contributed by atoms with Crippen molar-refractivity contribution in [3.8, 4) is 0 Å². The summed E-state index contributed by atoms with van der Waals surface area (Å²) in [5, 5.41) is 6.43. The van der Waals surface area contributed by atoms with Gasteiger partial charge in [0, 0.05) is 11.4 Å². The second-order valence-corrected chi connectivity index (χ2v) is 6.48. The van der Waals surface area contributed by atoms with E-state index in [1.54, 1.807) is 0 Å². The van der Waals surface area contributed by atoms with Crippen LogP contribution in [0.1, 0.15) is 30.9 Å². The normalized spacial score (nSPS) is 10.8. The van der Waals surface area contributed by atoms with Crippen molar-refractivity contribution >= 4 is 34.9 Å². The third kappa shape index (κ3) is 4.67. The molecule has 0 amide bonds. The molecule has 3 aromatic rings. The van der Waals surface area contributed by atoms with Crippen LogP contribution in [0, 0.1) is 6.92 Å². The molecule has 0 aliphatic carbocycles. The lowest BCUT2D eigenvalue weighted by atomic mass is 10.0. The quantitative estimate of drug-likeness (QED) is 0.639. The summed E-state index contributed by atoms with van der Waals surface area (Å²) in [5.74, 6) is 1.28. The zero-order chi connectivity index (χ0) is 17.8. The summed E-state index contributed by atoms with van der Waals surface area (Å²) in [7, 11) is 0. The average Bonchev–Trinajstić information content (AvgIpc) is 2.57. The minimum Gasteiger partial charge on any atom is -0.324 e. The fourth-order valence-corrected chi connectivity index (χ4v) is 2.47. The molecule has 0 aliphatic rings. The van der Waals surface area contributed by atoms with Gasteiger partial charge >= 0.3 is 0 Å². The summed E-state index contributed by atoms with van der Waals surface area (Å²) in [6.07, 6.45) is 0. The van der Waals surface area contributed by atoms with E-state index >= 15 is 0 Å². The van der Waals surface area contributed by atoms with Crippen molar-refractivity contribution in [2.45, 2.75) is 26.7 Å². The van der Waals surface area contributed by atoms with Gasteiger partial charge in [0.2, 0.25) is 17.2 Å². The van der Waals surface area contributed by atoms with Crippen molar-refractivity contribution in [1.82, 2.24) is 15.0 Å². The zero-order valence-corrected chi connectivity index (χ0v) is 15.2. The van der Waals surface area contributed by atoms with Gasteiger partial charge in [-0.1, -0.05) is 43.7 Å². The number of hydrogen-bond acceptors (Lipinski definition) is 5. The van der Waals surface area contributed by atoms with Crippen molar-refractivity contribution in [3.05, 3.63) is 64.9 Å². The van der Waals surface area contributed by atoms with Crippen LogP contribution in [0.15, 0.2) is 48.5 Å². The van der Waals surface area contributed by atoms with Gasteiger partial charge in [-0.05, 0) is 54.3 Å². The molecule has 0 spiro atoms. The van der Waals surface area contributed by atoms with Gasteiger partial charge in [0.05, 0.1) is 0 Å². The number of aromatic nitrogens is 3. The maximum atomic E-state index is 6.03. The Balaban J connectivity index is 1.77. The molecule has 0 atom stereocenters. The van der Waals surface area contributed by atoms with Gasteiger partial charge in [0.15, 0.2) is 0 Å². The predicted octanol–water partition coefficient (Wildman–Crippen LogP) is 5.44. The lowest BCUT2D eigenvalue weighted by Gasteiger charge is -2.10. The third-order valence-electron chi connectivity index (χ3n) is 3.75. The van der Waals surface area contributed by atoms with E-state index in [4.69, 9.17) is 11.6 Å². The highest BCUT2D eigenvalue weighted by Crippen LogP contribution is 2.21. The third-order valence-corrected chi connectivity index (χ3v) is 3.92. The number of hydrogen-bond donors (Lipinski definition) is 2. The summed E-state index contributed by atoms with van der Waals surface area (Å²) in [4.78, 5) is 12.6. The number of halogens is 1. The monoisotopic (exact) mass is 353 g/mol. The Morgan fingerprint density at radius 1 is 0.760 bits per heavy atom. The van der Waals surface area contributed by atoms with Crippen LogP contribution >= 0.6 is 11.6 Å². The summed E-state index contributed by atoms with van der Waals surface area (Å²) >= 11 is 6.03. The Bertz CT molecular complexity index is 845. The second-order valence-electron chi connectivity index (χ2n) is 6.14. The molecule has 6 heteroatoms. The molecule has 0 unspecified atom stereocenters. The van der Waals surface area contributed by atoms with Crippen LogP contribution in [-0.4, -0.2) is 15.0 Å². The van der Waals surface area contributed by atoms with E-state index in [1.165, 1.54) is 11.1 Å². The number of nitrogens with zero attached hydrogens (tertiary/aromatic N) is 3. The van der Waals surface area contributed by atoms with E-state index in [0.29, 0.717) is 17.8 Å². The number of benzene rings is 2. The molecule has 0 aliphatic heterocycles. The molecule has 1 heterocycles. The lowest BCUT2D eigenvalue weighted by Crippen LogP contribution is -2.04. The fourth-order valence-electron chi connectivity index (χ4n) is 2.31. The van der Waals surface area contributed by atoms with Crippen LogP contribution < -0.4 is 10.6 Å². The number of nitrogens with one attached hydrogen (secondary N) is 2. The molecule has 1 aromatic heterocycles. The summed E-state index contributed by atoms with van der Waals surface area (Å²) < 4.78 is 0. The molecule has 2 N–H and O–H groups in total. The topological polar surface area (TPSA) is 62.7 Å². The maximum absolute atomic E-state index is 6.03. The second kappa shape index (κ2) is 7.49. The molecule has 2 aromatic carbocycles. The standard InChI is InChI=1S/C19H20ClN5/c1-12(2)14-6-10-16(11-7-14)22-19-24-17(20)23-18(25-19)21-15-8-4-13(3)5-9-15/h4-12H,1-3H3,(H2,21,22,23,24,25). The Hall–Kier alpha value is -2.66. The van der Waals surface area contributed by atoms with E-state index in [9.17, 15) is 0 Å². The van der Waals surface area contributed by atoms with Gasteiger partial charge in [0.25, 0.3) is 0 Å². The minimum atomic E-state index is 0.130. The van der Waals surface area contributed by atoms with E-state index < -0.39 is 0 Å². The van der Waals surface area contributed by atoms with Gasteiger partial charge in [-0.3, -0.25) is 0 Å². The van der Waals surface area contributed by atoms with Crippen molar-refractivity contribution in [3.63, 3.8) is 0 Å². The van der Waals surface area contributed by atoms with E-state index in [-0.39, 0.29) is 5.28 Å². The highest BCUT2D eigenvalue weighted by Gasteiger charge is 2.07. The summed E-state index contributed by atoms with van der Waals surface area (Å²) in [5.41, 5.74) is 4.25. The van der Waals surface area contributed by atoms with Crippen LogP contribution in [0.4, 0.5) is 23.3 Å². The van der Waals surface area contributed by atoms with E-state index in [1.807, 2.05) is 43.3 Å². The summed E-state index contributed by atoms with van der Waals surface area (Å²) in [6.45, 7) is 6.37. The van der Waals surface area contributed by atoms with Crippen LogP contribution in [0.25, 0.3) is 0 Å². The highest BCUT2D eigenvalue weighted by atomic mass is 35.5. The Labute approximate surface area is 152 Å². The molecule has 5 nitrogen and oxygen atoms in total. The first-order chi connectivity index (χ1) is 12.0. The van der Waals surface area contributed by atoms with Crippen LogP contribution in [-0.2, 0) is 0 Å².